The molecule has 2 rings (SSSR count). The highest BCUT2D eigenvalue weighted by molar-refractivity contribution is 5.90. The van der Waals surface area contributed by atoms with Crippen molar-refractivity contribution < 1.29 is 18.7 Å². The van der Waals surface area contributed by atoms with Crippen LogP contribution in [0.2, 0.25) is 0 Å². The van der Waals surface area contributed by atoms with Crippen molar-refractivity contribution in [2.24, 2.45) is 5.73 Å². The van der Waals surface area contributed by atoms with Crippen molar-refractivity contribution in [2.75, 3.05) is 6.61 Å². The number of rotatable bonds is 5. The van der Waals surface area contributed by atoms with Gasteiger partial charge in [-0.25, -0.2) is 13.9 Å². The molecule has 0 aliphatic carbocycles. The molecule has 2 aromatic rings. The van der Waals surface area contributed by atoms with E-state index in [4.69, 9.17) is 10.5 Å². The molecule has 0 spiro atoms. The lowest BCUT2D eigenvalue weighted by Crippen LogP contribution is -2.34. The lowest BCUT2D eigenvalue weighted by Gasteiger charge is -2.09. The molecule has 0 unspecified atom stereocenters. The normalized spacial score (nSPS) is 10.3. The smallest absolute Gasteiger partial charge is 0.343 e. The predicted molar refractivity (Wildman–Crippen MR) is 79.0 cm³/mol. The molecule has 0 fully saturated rings. The molecule has 120 valence electrons. The zero-order chi connectivity index (χ0) is 17.0. The van der Waals surface area contributed by atoms with Crippen LogP contribution < -0.4 is 11.3 Å². The highest BCUT2D eigenvalue weighted by Crippen LogP contribution is 2.17. The van der Waals surface area contributed by atoms with E-state index in [0.717, 1.165) is 4.68 Å². The molecule has 8 heteroatoms. The zero-order valence-corrected chi connectivity index (χ0v) is 12.3. The van der Waals surface area contributed by atoms with Crippen molar-refractivity contribution in [2.45, 2.75) is 13.5 Å². The van der Waals surface area contributed by atoms with E-state index in [2.05, 4.69) is 5.10 Å². The highest BCUT2D eigenvalue weighted by Gasteiger charge is 2.18. The lowest BCUT2D eigenvalue weighted by molar-refractivity contribution is -0.118. The number of nitrogens with zero attached hydrogens (tertiary/aromatic N) is 2. The first-order valence-electron chi connectivity index (χ1n) is 6.76. The van der Waals surface area contributed by atoms with Crippen molar-refractivity contribution in [3.63, 3.8) is 0 Å². The minimum Gasteiger partial charge on any atom is -0.462 e. The van der Waals surface area contributed by atoms with Crippen molar-refractivity contribution in [1.82, 2.24) is 9.78 Å². The predicted octanol–water partition coefficient (Wildman–Crippen LogP) is 0.711. The number of carbonyl (C=O) groups is 2. The number of amides is 1. The van der Waals surface area contributed by atoms with E-state index in [-0.39, 0.29) is 17.9 Å². The Kier molecular flexibility index (Phi) is 4.85. The first kappa shape index (κ1) is 16.3. The number of aromatic nitrogens is 2. The molecule has 7 nitrogen and oxygen atoms in total. The minimum atomic E-state index is -0.832. The van der Waals surface area contributed by atoms with Gasteiger partial charge < -0.3 is 10.5 Å². The number of carbonyl (C=O) groups excluding carboxylic acids is 2. The first-order chi connectivity index (χ1) is 10.9. The van der Waals surface area contributed by atoms with E-state index >= 15 is 0 Å². The summed E-state index contributed by atoms with van der Waals surface area (Å²) in [7, 11) is 0. The standard InChI is InChI=1S/C15H14FN3O4/c1-2-23-15(22)11-7-12(9-3-5-10(16)6-4-9)18-19(14(11)21)8-13(17)20/h3-7H,2,8H2,1H3,(H2,17,20). The van der Waals surface area contributed by atoms with Crippen LogP contribution in [0, 0.1) is 5.82 Å². The molecular formula is C15H14FN3O4. The van der Waals surface area contributed by atoms with E-state index in [1.165, 1.54) is 30.3 Å². The Morgan fingerprint density at radius 1 is 1.30 bits per heavy atom. The topological polar surface area (TPSA) is 104 Å². The summed E-state index contributed by atoms with van der Waals surface area (Å²) in [6.45, 7) is 1.20. The molecule has 0 radical (unpaired) electrons. The number of primary amides is 1. The lowest BCUT2D eigenvalue weighted by atomic mass is 10.1. The third-order valence-electron chi connectivity index (χ3n) is 2.92. The largest absolute Gasteiger partial charge is 0.462 e. The van der Waals surface area contributed by atoms with Gasteiger partial charge in [-0.3, -0.25) is 9.59 Å². The molecule has 1 aromatic carbocycles. The Balaban J connectivity index is 2.60. The molecule has 0 bridgehead atoms. The summed E-state index contributed by atoms with van der Waals surface area (Å²) in [4.78, 5) is 35.2. The van der Waals surface area contributed by atoms with Crippen molar-refractivity contribution in [1.29, 1.82) is 0 Å². The summed E-state index contributed by atoms with van der Waals surface area (Å²) >= 11 is 0. The van der Waals surface area contributed by atoms with Gasteiger partial charge in [0.1, 0.15) is 17.9 Å². The summed E-state index contributed by atoms with van der Waals surface area (Å²) < 4.78 is 18.6. The van der Waals surface area contributed by atoms with Crippen LogP contribution >= 0.6 is 0 Å². The van der Waals surface area contributed by atoms with Gasteiger partial charge in [-0.2, -0.15) is 5.10 Å². The van der Waals surface area contributed by atoms with Gasteiger partial charge in [-0.15, -0.1) is 0 Å². The Labute approximate surface area is 130 Å². The van der Waals surface area contributed by atoms with Crippen LogP contribution in [0.15, 0.2) is 35.1 Å². The number of hydrogen-bond acceptors (Lipinski definition) is 5. The maximum Gasteiger partial charge on any atom is 0.343 e. The number of esters is 1. The highest BCUT2D eigenvalue weighted by atomic mass is 19.1. The quantitative estimate of drug-likeness (QED) is 0.817. The van der Waals surface area contributed by atoms with Crippen LogP contribution in [-0.4, -0.2) is 28.3 Å². The second-order valence-electron chi connectivity index (χ2n) is 4.60. The monoisotopic (exact) mass is 319 g/mol. The second kappa shape index (κ2) is 6.82. The fourth-order valence-corrected chi connectivity index (χ4v) is 1.91. The minimum absolute atomic E-state index is 0.0856. The summed E-state index contributed by atoms with van der Waals surface area (Å²) in [5, 5.41) is 3.99. The number of nitrogens with two attached hydrogens (primary N) is 1. The summed E-state index contributed by atoms with van der Waals surface area (Å²) in [6, 6.07) is 6.54. The Morgan fingerprint density at radius 2 is 1.96 bits per heavy atom. The van der Waals surface area contributed by atoms with Crippen LogP contribution in [0.3, 0.4) is 0 Å². The van der Waals surface area contributed by atoms with Gasteiger partial charge in [-0.1, -0.05) is 0 Å². The summed E-state index contributed by atoms with van der Waals surface area (Å²) in [5.41, 5.74) is 4.71. The summed E-state index contributed by atoms with van der Waals surface area (Å²) in [6.07, 6.45) is 0. The number of hydrogen-bond donors (Lipinski definition) is 1. The fourth-order valence-electron chi connectivity index (χ4n) is 1.91. The van der Waals surface area contributed by atoms with Gasteiger partial charge in [0, 0.05) is 5.56 Å². The molecule has 0 aliphatic rings. The van der Waals surface area contributed by atoms with Gasteiger partial charge >= 0.3 is 5.97 Å². The Morgan fingerprint density at radius 3 is 2.52 bits per heavy atom. The molecule has 23 heavy (non-hydrogen) atoms. The zero-order valence-electron chi connectivity index (χ0n) is 12.3. The van der Waals surface area contributed by atoms with Gasteiger partial charge in [0.15, 0.2) is 0 Å². The van der Waals surface area contributed by atoms with Crippen molar-refractivity contribution in [3.05, 3.63) is 52.1 Å². The van der Waals surface area contributed by atoms with E-state index in [0.29, 0.717) is 5.56 Å². The van der Waals surface area contributed by atoms with Crippen LogP contribution in [0.25, 0.3) is 11.3 Å². The van der Waals surface area contributed by atoms with Crippen molar-refractivity contribution >= 4 is 11.9 Å². The number of ether oxygens (including phenoxy) is 1. The average Bonchev–Trinajstić information content (AvgIpc) is 2.50. The van der Waals surface area contributed by atoms with Crippen LogP contribution in [0.4, 0.5) is 4.39 Å². The first-order valence-corrected chi connectivity index (χ1v) is 6.76. The third-order valence-corrected chi connectivity index (χ3v) is 2.92. The molecule has 1 amide bonds. The summed E-state index contributed by atoms with van der Waals surface area (Å²) in [5.74, 6) is -2.06. The van der Waals surface area contributed by atoms with Gasteiger partial charge in [-0.05, 0) is 37.3 Å². The molecule has 2 N–H and O–H groups in total. The van der Waals surface area contributed by atoms with Crippen LogP contribution in [-0.2, 0) is 16.1 Å². The number of benzene rings is 1. The molecule has 0 saturated heterocycles. The molecule has 0 saturated carbocycles. The van der Waals surface area contributed by atoms with Crippen molar-refractivity contribution in [3.8, 4) is 11.3 Å². The van der Waals surface area contributed by atoms with E-state index in [9.17, 15) is 18.8 Å². The van der Waals surface area contributed by atoms with E-state index in [1.54, 1.807) is 6.92 Å². The molecule has 0 atom stereocenters. The SMILES string of the molecule is CCOC(=O)c1cc(-c2ccc(F)cc2)nn(CC(N)=O)c1=O. The maximum absolute atomic E-state index is 13.0. The van der Waals surface area contributed by atoms with Crippen LogP contribution in [0.5, 0.6) is 0 Å². The molecule has 1 aromatic heterocycles. The third kappa shape index (κ3) is 3.79. The van der Waals surface area contributed by atoms with Gasteiger partial charge in [0.05, 0.1) is 12.3 Å². The Hall–Kier alpha value is -3.03. The van der Waals surface area contributed by atoms with Gasteiger partial charge in [0.2, 0.25) is 5.91 Å². The maximum atomic E-state index is 13.0. The Bertz CT molecular complexity index is 799. The van der Waals surface area contributed by atoms with Crippen LogP contribution in [0.1, 0.15) is 17.3 Å². The fraction of sp³-hybridized carbons (Fsp3) is 0.200. The molecular weight excluding hydrogens is 305 g/mol. The van der Waals surface area contributed by atoms with Gasteiger partial charge in [0.25, 0.3) is 5.56 Å². The number of halogens is 1. The molecule has 1 heterocycles. The van der Waals surface area contributed by atoms with E-state index < -0.39 is 29.8 Å². The molecule has 0 aliphatic heterocycles. The van der Waals surface area contributed by atoms with E-state index in [1.807, 2.05) is 0 Å². The second-order valence-corrected chi connectivity index (χ2v) is 4.60. The average molecular weight is 319 g/mol.